The summed E-state index contributed by atoms with van der Waals surface area (Å²) in [6, 6.07) is 3.70. The Kier molecular flexibility index (Phi) is 4.46. The minimum Gasteiger partial charge on any atom is -0.463 e. The van der Waals surface area contributed by atoms with Gasteiger partial charge in [0.15, 0.2) is 11.4 Å². The molecule has 0 saturated carbocycles. The van der Waals surface area contributed by atoms with Crippen molar-refractivity contribution in [2.24, 2.45) is 0 Å². The molecule has 1 rings (SSSR count). The van der Waals surface area contributed by atoms with Crippen LogP contribution in [-0.4, -0.2) is 22.1 Å². The number of carbonyl (C=O) groups is 1. The van der Waals surface area contributed by atoms with E-state index in [2.05, 4.69) is 4.98 Å². The van der Waals surface area contributed by atoms with Crippen LogP contribution in [0.1, 0.15) is 18.3 Å². The van der Waals surface area contributed by atoms with E-state index in [1.165, 1.54) is 17.0 Å². The van der Waals surface area contributed by atoms with E-state index in [9.17, 15) is 4.79 Å². The van der Waals surface area contributed by atoms with Crippen LogP contribution in [0.3, 0.4) is 0 Å². The quantitative estimate of drug-likeness (QED) is 0.562. The average molecular weight is 230 g/mol. The number of allylic oxidation sites excluding steroid dienone is 1. The van der Waals surface area contributed by atoms with Gasteiger partial charge in [-0.25, -0.2) is 9.78 Å². The van der Waals surface area contributed by atoms with Gasteiger partial charge in [0.05, 0.1) is 12.9 Å². The second-order valence-corrected chi connectivity index (χ2v) is 2.97. The second-order valence-electron chi connectivity index (χ2n) is 2.97. The van der Waals surface area contributed by atoms with Crippen LogP contribution >= 0.6 is 0 Å². The number of aromatic nitrogens is 2. The molecule has 0 fully saturated rings. The highest BCUT2D eigenvalue weighted by molar-refractivity contribution is 5.81. The number of carbonyl (C=O) groups excluding carboxylic acids is 1. The Balaban J connectivity index is 2.71. The van der Waals surface area contributed by atoms with Crippen LogP contribution in [0.4, 0.5) is 0 Å². The van der Waals surface area contributed by atoms with Crippen molar-refractivity contribution in [3.8, 4) is 12.1 Å². The molecular weight excluding hydrogens is 220 g/mol. The number of esters is 1. The maximum absolute atomic E-state index is 11.0. The first-order chi connectivity index (χ1) is 8.22. The van der Waals surface area contributed by atoms with Crippen molar-refractivity contribution in [1.29, 1.82) is 10.5 Å². The number of ether oxygens (including phenoxy) is 1. The lowest BCUT2D eigenvalue weighted by Crippen LogP contribution is -2.01. The summed E-state index contributed by atoms with van der Waals surface area (Å²) in [5.74, 6) is -0.438. The number of rotatable bonds is 4. The molecule has 0 N–H and O–H groups in total. The van der Waals surface area contributed by atoms with Crippen LogP contribution in [0.15, 0.2) is 18.5 Å². The molecular formula is C11H10N4O2. The third-order valence-electron chi connectivity index (χ3n) is 1.89. The first-order valence-electron chi connectivity index (χ1n) is 4.91. The molecule has 6 heteroatoms. The predicted octanol–water partition coefficient (Wildman–Crippen LogP) is 0.746. The maximum atomic E-state index is 11.0. The first-order valence-corrected chi connectivity index (χ1v) is 4.91. The molecule has 0 amide bonds. The summed E-state index contributed by atoms with van der Waals surface area (Å²) in [7, 11) is 0. The lowest BCUT2D eigenvalue weighted by Gasteiger charge is -1.98. The highest BCUT2D eigenvalue weighted by atomic mass is 16.5. The van der Waals surface area contributed by atoms with Crippen molar-refractivity contribution in [3.05, 3.63) is 29.9 Å². The molecule has 6 nitrogen and oxygen atoms in total. The summed E-state index contributed by atoms with van der Waals surface area (Å²) in [5.41, 5.74) is 0.262. The highest BCUT2D eigenvalue weighted by Gasteiger charge is 2.08. The van der Waals surface area contributed by atoms with E-state index in [0.717, 1.165) is 0 Å². The van der Waals surface area contributed by atoms with Gasteiger partial charge in [-0.05, 0) is 6.92 Å². The fourth-order valence-electron chi connectivity index (χ4n) is 1.17. The fraction of sp³-hybridized carbons (Fsp3) is 0.273. The van der Waals surface area contributed by atoms with Gasteiger partial charge in [0, 0.05) is 12.6 Å². The molecule has 0 aliphatic heterocycles. The number of hydrogen-bond donors (Lipinski definition) is 0. The van der Waals surface area contributed by atoms with Gasteiger partial charge < -0.3 is 9.30 Å². The molecule has 86 valence electrons. The Hall–Kier alpha value is -2.60. The van der Waals surface area contributed by atoms with Crippen molar-refractivity contribution < 1.29 is 9.53 Å². The number of nitrogens with zero attached hydrogens (tertiary/aromatic N) is 4. The topological polar surface area (TPSA) is 91.7 Å². The van der Waals surface area contributed by atoms with E-state index >= 15 is 0 Å². The normalized spacial score (nSPS) is 9.82. The molecule has 0 saturated heterocycles. The van der Waals surface area contributed by atoms with Crippen molar-refractivity contribution in [2.45, 2.75) is 13.5 Å². The summed E-state index contributed by atoms with van der Waals surface area (Å²) in [6.07, 6.45) is 4.20. The monoisotopic (exact) mass is 230 g/mol. The lowest BCUT2D eigenvalue weighted by atomic mass is 10.3. The van der Waals surface area contributed by atoms with Gasteiger partial charge in [0.2, 0.25) is 0 Å². The highest BCUT2D eigenvalue weighted by Crippen LogP contribution is 2.04. The van der Waals surface area contributed by atoms with Crippen LogP contribution in [0.25, 0.3) is 0 Å². The lowest BCUT2D eigenvalue weighted by molar-refractivity contribution is -0.137. The van der Waals surface area contributed by atoms with Gasteiger partial charge in [-0.2, -0.15) is 10.5 Å². The van der Waals surface area contributed by atoms with Crippen molar-refractivity contribution >= 4 is 5.97 Å². The molecule has 1 aromatic heterocycles. The minimum absolute atomic E-state index is 0.0806. The Bertz CT molecular complexity index is 517. The molecule has 0 aliphatic rings. The van der Waals surface area contributed by atoms with Crippen molar-refractivity contribution in [1.82, 2.24) is 9.55 Å². The molecule has 1 heterocycles. The molecule has 0 spiro atoms. The zero-order valence-electron chi connectivity index (χ0n) is 9.25. The Morgan fingerprint density at radius 3 is 2.94 bits per heavy atom. The summed E-state index contributed by atoms with van der Waals surface area (Å²) >= 11 is 0. The smallest absolute Gasteiger partial charge is 0.330 e. The van der Waals surface area contributed by atoms with E-state index in [0.29, 0.717) is 6.61 Å². The van der Waals surface area contributed by atoms with Crippen LogP contribution in [0, 0.1) is 22.7 Å². The van der Waals surface area contributed by atoms with E-state index in [1.807, 2.05) is 12.1 Å². The molecule has 0 unspecified atom stereocenters. The van der Waals surface area contributed by atoms with Gasteiger partial charge in [0.25, 0.3) is 0 Å². The van der Waals surface area contributed by atoms with Crippen molar-refractivity contribution in [3.63, 3.8) is 0 Å². The number of nitriles is 2. The zero-order chi connectivity index (χ0) is 12.7. The van der Waals surface area contributed by atoms with Crippen molar-refractivity contribution in [2.75, 3.05) is 6.61 Å². The molecule has 1 aromatic rings. The minimum atomic E-state index is -0.438. The largest absolute Gasteiger partial charge is 0.463 e. The third kappa shape index (κ3) is 3.18. The van der Waals surface area contributed by atoms with Crippen LogP contribution in [0.2, 0.25) is 0 Å². The second kappa shape index (κ2) is 6.09. The molecule has 0 atom stereocenters. The van der Waals surface area contributed by atoms with Crippen LogP contribution < -0.4 is 0 Å². The van der Waals surface area contributed by atoms with Gasteiger partial charge in [-0.1, -0.05) is 6.08 Å². The van der Waals surface area contributed by atoms with E-state index in [1.54, 1.807) is 13.0 Å². The summed E-state index contributed by atoms with van der Waals surface area (Å²) < 4.78 is 6.18. The number of hydrogen-bond acceptors (Lipinski definition) is 5. The summed E-state index contributed by atoms with van der Waals surface area (Å²) in [4.78, 5) is 14.8. The average Bonchev–Trinajstić information content (AvgIpc) is 2.71. The summed E-state index contributed by atoms with van der Waals surface area (Å²) in [5, 5.41) is 17.5. The standard InChI is InChI=1S/C11H10N4O2/c1-2-17-11(16)4-3-5-15-8-14-9(6-12)10(15)7-13/h3-4,8H,2,5H2,1H3/b4-3+. The van der Waals surface area contributed by atoms with E-state index in [4.69, 9.17) is 15.3 Å². The van der Waals surface area contributed by atoms with Gasteiger partial charge in [0.1, 0.15) is 12.1 Å². The molecule has 0 aliphatic carbocycles. The van der Waals surface area contributed by atoms with Crippen LogP contribution in [0.5, 0.6) is 0 Å². The van der Waals surface area contributed by atoms with Gasteiger partial charge >= 0.3 is 5.97 Å². The van der Waals surface area contributed by atoms with Gasteiger partial charge in [-0.15, -0.1) is 0 Å². The maximum Gasteiger partial charge on any atom is 0.330 e. The predicted molar refractivity (Wildman–Crippen MR) is 57.4 cm³/mol. The molecule has 0 radical (unpaired) electrons. The number of imidazole rings is 1. The van der Waals surface area contributed by atoms with Gasteiger partial charge in [-0.3, -0.25) is 0 Å². The summed E-state index contributed by atoms with van der Waals surface area (Å²) in [6.45, 7) is 2.32. The van der Waals surface area contributed by atoms with Crippen LogP contribution in [-0.2, 0) is 16.1 Å². The molecule has 17 heavy (non-hydrogen) atoms. The first kappa shape index (κ1) is 12.5. The van der Waals surface area contributed by atoms with E-state index in [-0.39, 0.29) is 17.9 Å². The Labute approximate surface area is 98.4 Å². The molecule has 0 aromatic carbocycles. The van der Waals surface area contributed by atoms with E-state index < -0.39 is 5.97 Å². The Morgan fingerprint density at radius 1 is 1.59 bits per heavy atom. The molecule has 0 bridgehead atoms. The Morgan fingerprint density at radius 2 is 2.35 bits per heavy atom. The third-order valence-corrected chi connectivity index (χ3v) is 1.89. The zero-order valence-corrected chi connectivity index (χ0v) is 9.25. The fourth-order valence-corrected chi connectivity index (χ4v) is 1.17. The SMILES string of the molecule is CCOC(=O)/C=C/Cn1cnc(C#N)c1C#N.